The molecule has 0 aliphatic carbocycles. The smallest absolute Gasteiger partial charge is 1.00 e. The molecule has 0 spiro atoms. The number of halogens is 4. The van der Waals surface area contributed by atoms with Gasteiger partial charge in [0.1, 0.15) is 0 Å². The minimum absolute atomic E-state index is 0. The van der Waals surface area contributed by atoms with Gasteiger partial charge in [0.05, 0.1) is 0 Å². The van der Waals surface area contributed by atoms with E-state index in [1.165, 1.54) is 0 Å². The Morgan fingerprint density at radius 2 is 0.273 bits per heavy atom. The number of rotatable bonds is 0. The van der Waals surface area contributed by atoms with E-state index in [1.54, 1.807) is 0 Å². The van der Waals surface area contributed by atoms with Gasteiger partial charge in [0, 0.05) is 0 Å². The Kier molecular flexibility index (Phi) is 21100. The second-order valence-electron chi connectivity index (χ2n) is 0. The van der Waals surface area contributed by atoms with Crippen LogP contribution in [0.3, 0.4) is 0 Å². The Labute approximate surface area is 108 Å². The zero-order chi connectivity index (χ0) is 0. The minimum Gasteiger partial charge on any atom is -1.00 e. The Hall–Kier alpha value is 1.80. The summed E-state index contributed by atoms with van der Waals surface area (Å²) < 4.78 is 0. The average Bonchev–Trinajstić information content (AvgIpc) is 0. The van der Waals surface area contributed by atoms with Gasteiger partial charge in [0.2, 0.25) is 0 Å². The van der Waals surface area contributed by atoms with Crippen LogP contribution in [0.25, 0.3) is 0 Å². The van der Waals surface area contributed by atoms with Crippen LogP contribution in [0.1, 0.15) is 0 Å². The summed E-state index contributed by atoms with van der Waals surface area (Å²) in [6.07, 6.45) is 0. The third-order valence-corrected chi connectivity index (χ3v) is 0. The third kappa shape index (κ3) is 349. The molecule has 11 heavy (non-hydrogen) atoms. The molecule has 6 nitrogen and oxygen atoms in total. The Morgan fingerprint density at radius 3 is 0.273 bits per heavy atom. The third-order valence-electron chi connectivity index (χ3n) is 0. The van der Waals surface area contributed by atoms with Crippen LogP contribution in [-0.2, 0) is 26.2 Å². The fourth-order valence-corrected chi connectivity index (χ4v) is 0. The molecule has 11 heteroatoms. The van der Waals surface area contributed by atoms with Crippen molar-refractivity contribution in [3.05, 3.63) is 0 Å². The molecule has 0 amide bonds. The van der Waals surface area contributed by atoms with Crippen LogP contribution in [0, 0.1) is 0 Å². The largest absolute Gasteiger partial charge is 4.00 e. The molecule has 0 aliphatic rings. The summed E-state index contributed by atoms with van der Waals surface area (Å²) in [5, 5.41) is 0. The van der Waals surface area contributed by atoms with Gasteiger partial charge in [-0.1, -0.05) is 0 Å². The van der Waals surface area contributed by atoms with E-state index in [9.17, 15) is 0 Å². The molecule has 0 atom stereocenters. The molecule has 0 heterocycles. The van der Waals surface area contributed by atoms with E-state index in [1.807, 2.05) is 0 Å². The molecule has 12 N–H and O–H groups in total. The van der Waals surface area contributed by atoms with Gasteiger partial charge in [0.25, 0.3) is 0 Å². The average molecular weight is 341 g/mol. The molecule has 0 fully saturated rings. The maximum atomic E-state index is 0. The Morgan fingerprint density at radius 1 is 0.273 bits per heavy atom. The minimum atomic E-state index is 0. The quantitative estimate of drug-likeness (QED) is 0.405. The molecule has 0 unspecified atom stereocenters. The van der Waals surface area contributed by atoms with Gasteiger partial charge < -0.3 is 82.5 Å². The molecule has 0 aliphatic heterocycles. The fraction of sp³-hybridized carbons (Fsp3) is 0. The van der Waals surface area contributed by atoms with Crippen molar-refractivity contribution in [3.8, 4) is 0 Å². The van der Waals surface area contributed by atoms with Crippen LogP contribution in [0.2, 0.25) is 0 Å². The first-order valence-electron chi connectivity index (χ1n) is 0. The van der Waals surface area contributed by atoms with Gasteiger partial charge in [-0.2, -0.15) is 0 Å². The molecule has 0 rings (SSSR count). The number of hydrogen-bond acceptors (Lipinski definition) is 0. The Bertz CT molecular complexity index is 14.5. The second-order valence-corrected chi connectivity index (χ2v) is 0. The molecule has 0 aromatic rings. The predicted octanol–water partition coefficient (Wildman–Crippen LogP) is -16.9. The molecule has 0 aromatic carbocycles. The zero-order valence-corrected chi connectivity index (χ0v) is 10.5. The van der Waals surface area contributed by atoms with Crippen molar-refractivity contribution in [2.24, 2.45) is 0 Å². The molecule has 0 bridgehead atoms. The molecule has 0 radical (unpaired) electrons. The summed E-state index contributed by atoms with van der Waals surface area (Å²) >= 11 is 0. The van der Waals surface area contributed by atoms with Gasteiger partial charge in [-0.25, -0.2) is 0 Å². The summed E-state index contributed by atoms with van der Waals surface area (Å²) in [4.78, 5) is 0. The van der Waals surface area contributed by atoms with Gasteiger partial charge in [-0.15, -0.1) is 0 Å². The van der Waals surface area contributed by atoms with Crippen LogP contribution in [0.15, 0.2) is 0 Å². The fourth-order valence-electron chi connectivity index (χ4n) is 0. The van der Waals surface area contributed by atoms with Crippen LogP contribution >= 0.6 is 0 Å². The van der Waals surface area contributed by atoms with Crippen molar-refractivity contribution < 1.29 is 109 Å². The van der Waals surface area contributed by atoms with Crippen molar-refractivity contribution >= 4 is 0 Å². The summed E-state index contributed by atoms with van der Waals surface area (Å²) in [6, 6.07) is 0. The summed E-state index contributed by atoms with van der Waals surface area (Å²) in [6.45, 7) is 0. The topological polar surface area (TPSA) is 189 Å². The van der Waals surface area contributed by atoms with E-state index < -0.39 is 0 Å². The Balaban J connectivity index is 0. The number of hydrogen-bond donors (Lipinski definition) is 0. The first-order chi connectivity index (χ1) is 0. The van der Waals surface area contributed by atoms with Crippen molar-refractivity contribution in [2.75, 3.05) is 0 Å². The van der Waals surface area contributed by atoms with Gasteiger partial charge in [-0.05, 0) is 0 Å². The second kappa shape index (κ2) is 424. The maximum absolute atomic E-state index is 0. The standard InChI is InChI=1S/4ClH.6H2O.Zr/h4*1H;6*1H2;/q;;;;;;;;;;+4/p-4. The van der Waals surface area contributed by atoms with E-state index in [0.29, 0.717) is 0 Å². The molecule has 80 valence electrons. The zero-order valence-electron chi connectivity index (χ0n) is 5.01. The first-order valence-corrected chi connectivity index (χ1v) is 0. The van der Waals surface area contributed by atoms with Crippen molar-refractivity contribution in [3.63, 3.8) is 0 Å². The monoisotopic (exact) mass is 338 g/mol. The normalized spacial score (nSPS) is 0. The predicted molar refractivity (Wildman–Crippen MR) is 21.7 cm³/mol. The van der Waals surface area contributed by atoms with Crippen LogP contribution in [0.5, 0.6) is 0 Å². The molecule has 0 saturated heterocycles. The van der Waals surface area contributed by atoms with Gasteiger partial charge in [-0.3, -0.25) is 0 Å². The van der Waals surface area contributed by atoms with Gasteiger partial charge >= 0.3 is 26.2 Å². The maximum Gasteiger partial charge on any atom is 4.00 e. The summed E-state index contributed by atoms with van der Waals surface area (Å²) in [7, 11) is 0. The van der Waals surface area contributed by atoms with Crippen molar-refractivity contribution in [1.29, 1.82) is 0 Å². The van der Waals surface area contributed by atoms with Crippen LogP contribution in [0.4, 0.5) is 0 Å². The van der Waals surface area contributed by atoms with E-state index >= 15 is 0 Å². The first kappa shape index (κ1) is 549. The summed E-state index contributed by atoms with van der Waals surface area (Å²) in [5.74, 6) is 0. The van der Waals surface area contributed by atoms with E-state index in [0.717, 1.165) is 0 Å². The van der Waals surface area contributed by atoms with Crippen molar-refractivity contribution in [2.45, 2.75) is 0 Å². The molecule has 0 aromatic heterocycles. The molecular weight excluding hydrogens is 329 g/mol. The van der Waals surface area contributed by atoms with Crippen LogP contribution < -0.4 is 49.6 Å². The SMILES string of the molecule is O.O.O.O.O.O.[Cl-].[Cl-].[Cl-].[Cl-].[Zr+4]. The molecular formula is H12Cl4O6Zr. The van der Waals surface area contributed by atoms with E-state index in [4.69, 9.17) is 0 Å². The van der Waals surface area contributed by atoms with E-state index in [2.05, 4.69) is 0 Å². The summed E-state index contributed by atoms with van der Waals surface area (Å²) in [5.41, 5.74) is 0. The van der Waals surface area contributed by atoms with Crippen LogP contribution in [-0.4, -0.2) is 32.9 Å². The van der Waals surface area contributed by atoms with E-state index in [-0.39, 0.29) is 109 Å². The van der Waals surface area contributed by atoms with Gasteiger partial charge in [0.15, 0.2) is 0 Å². The molecule has 0 saturated carbocycles. The van der Waals surface area contributed by atoms with Crippen molar-refractivity contribution in [1.82, 2.24) is 0 Å².